The van der Waals surface area contributed by atoms with Crippen molar-refractivity contribution in [2.45, 2.75) is 25.8 Å². The van der Waals surface area contributed by atoms with Crippen LogP contribution >= 0.6 is 0 Å². The molecule has 1 aromatic rings. The van der Waals surface area contributed by atoms with Gasteiger partial charge in [-0.2, -0.15) is 0 Å². The summed E-state index contributed by atoms with van der Waals surface area (Å²) in [5, 5.41) is 14.4. The Bertz CT molecular complexity index is 457. The molecule has 20 heavy (non-hydrogen) atoms. The van der Waals surface area contributed by atoms with E-state index in [-0.39, 0.29) is 17.8 Å². The van der Waals surface area contributed by atoms with Crippen LogP contribution in [0.15, 0.2) is 29.4 Å². The van der Waals surface area contributed by atoms with E-state index in [1.54, 1.807) is 31.4 Å². The van der Waals surface area contributed by atoms with Crippen LogP contribution in [0.2, 0.25) is 0 Å². The Morgan fingerprint density at radius 1 is 1.45 bits per heavy atom. The highest BCUT2D eigenvalue weighted by Crippen LogP contribution is 2.05. The number of amidine groups is 1. The monoisotopic (exact) mass is 279 g/mol. The molecule has 0 aliphatic heterocycles. The van der Waals surface area contributed by atoms with Crippen LogP contribution in [0.4, 0.5) is 0 Å². The van der Waals surface area contributed by atoms with E-state index in [0.29, 0.717) is 18.6 Å². The smallest absolute Gasteiger partial charge is 0.224 e. The van der Waals surface area contributed by atoms with Gasteiger partial charge >= 0.3 is 0 Å². The van der Waals surface area contributed by atoms with Crippen LogP contribution in [0, 0.1) is 0 Å². The third-order valence-electron chi connectivity index (χ3n) is 2.88. The zero-order valence-corrected chi connectivity index (χ0v) is 11.8. The molecule has 0 aliphatic carbocycles. The Hall–Kier alpha value is -2.08. The Kier molecular flexibility index (Phi) is 6.52. The van der Waals surface area contributed by atoms with Gasteiger partial charge in [-0.15, -0.1) is 0 Å². The van der Waals surface area contributed by atoms with Gasteiger partial charge in [0.1, 0.15) is 0 Å². The molecule has 6 heteroatoms. The highest BCUT2D eigenvalue weighted by atomic mass is 16.5. The molecular formula is C14H21N3O3. The fourth-order valence-corrected chi connectivity index (χ4v) is 1.73. The maximum atomic E-state index is 11.8. The number of nitrogens with zero attached hydrogens (tertiary/aromatic N) is 1. The van der Waals surface area contributed by atoms with Gasteiger partial charge in [0.15, 0.2) is 5.84 Å². The average Bonchev–Trinajstić information content (AvgIpc) is 2.45. The van der Waals surface area contributed by atoms with Crippen LogP contribution in [0.5, 0.6) is 0 Å². The molecule has 1 unspecified atom stereocenters. The van der Waals surface area contributed by atoms with Crippen molar-refractivity contribution in [1.29, 1.82) is 0 Å². The van der Waals surface area contributed by atoms with Crippen molar-refractivity contribution in [3.8, 4) is 0 Å². The summed E-state index contributed by atoms with van der Waals surface area (Å²) < 4.78 is 4.96. The molecule has 1 aromatic carbocycles. The van der Waals surface area contributed by atoms with E-state index in [1.807, 2.05) is 6.92 Å². The first kappa shape index (κ1) is 16.0. The molecule has 4 N–H and O–H groups in total. The van der Waals surface area contributed by atoms with Crippen molar-refractivity contribution >= 4 is 11.7 Å². The fourth-order valence-electron chi connectivity index (χ4n) is 1.73. The van der Waals surface area contributed by atoms with Gasteiger partial charge in [-0.1, -0.05) is 29.4 Å². The van der Waals surface area contributed by atoms with Gasteiger partial charge in [0.2, 0.25) is 5.91 Å². The second-order valence-corrected chi connectivity index (χ2v) is 4.61. The predicted molar refractivity (Wildman–Crippen MR) is 76.8 cm³/mol. The maximum absolute atomic E-state index is 11.8. The molecule has 0 radical (unpaired) electrons. The van der Waals surface area contributed by atoms with Crippen molar-refractivity contribution in [3.05, 3.63) is 35.4 Å². The van der Waals surface area contributed by atoms with E-state index in [4.69, 9.17) is 15.7 Å². The predicted octanol–water partition coefficient (Wildman–Crippen LogP) is 0.865. The molecule has 0 spiro atoms. The van der Waals surface area contributed by atoms with E-state index in [2.05, 4.69) is 10.5 Å². The van der Waals surface area contributed by atoms with Crippen LogP contribution in [-0.2, 0) is 16.0 Å². The molecule has 110 valence electrons. The Morgan fingerprint density at radius 3 is 2.65 bits per heavy atom. The fraction of sp³-hybridized carbons (Fsp3) is 0.429. The van der Waals surface area contributed by atoms with Crippen molar-refractivity contribution in [1.82, 2.24) is 5.32 Å². The quantitative estimate of drug-likeness (QED) is 0.298. The molecule has 1 atom stereocenters. The number of ether oxygens (including phenoxy) is 1. The summed E-state index contributed by atoms with van der Waals surface area (Å²) in [5.74, 6) is 0.0133. The highest BCUT2D eigenvalue weighted by Gasteiger charge is 2.08. The number of carbonyl (C=O) groups excluding carboxylic acids is 1. The number of benzene rings is 1. The lowest BCUT2D eigenvalue weighted by molar-refractivity contribution is -0.121. The number of methoxy groups -OCH3 is 1. The van der Waals surface area contributed by atoms with Crippen molar-refractivity contribution in [3.63, 3.8) is 0 Å². The first-order valence-electron chi connectivity index (χ1n) is 6.42. The third kappa shape index (κ3) is 5.27. The minimum atomic E-state index is -0.0369. The molecule has 0 heterocycles. The lowest BCUT2D eigenvalue weighted by Gasteiger charge is -2.13. The number of oxime groups is 1. The molecule has 1 amide bonds. The number of hydrogen-bond acceptors (Lipinski definition) is 4. The molecule has 0 aliphatic rings. The highest BCUT2D eigenvalue weighted by molar-refractivity contribution is 5.97. The van der Waals surface area contributed by atoms with Crippen LogP contribution in [0.3, 0.4) is 0 Å². The van der Waals surface area contributed by atoms with Crippen molar-refractivity contribution in [2.24, 2.45) is 10.9 Å². The van der Waals surface area contributed by atoms with E-state index in [0.717, 1.165) is 12.0 Å². The summed E-state index contributed by atoms with van der Waals surface area (Å²) in [4.78, 5) is 11.8. The SMILES string of the molecule is COCCC(C)NC(=O)Cc1ccc(C(N)=NO)cc1. The maximum Gasteiger partial charge on any atom is 0.224 e. The number of rotatable bonds is 7. The van der Waals surface area contributed by atoms with Gasteiger partial charge in [0, 0.05) is 25.3 Å². The second-order valence-electron chi connectivity index (χ2n) is 4.61. The molecule has 0 saturated carbocycles. The number of nitrogens with one attached hydrogen (secondary N) is 1. The Morgan fingerprint density at radius 2 is 2.10 bits per heavy atom. The molecule has 0 saturated heterocycles. The standard InChI is InChI=1S/C14H21N3O3/c1-10(7-8-20-2)16-13(18)9-11-3-5-12(6-4-11)14(15)17-19/h3-6,10,19H,7-9H2,1-2H3,(H2,15,17)(H,16,18). The lowest BCUT2D eigenvalue weighted by atomic mass is 10.1. The van der Waals surface area contributed by atoms with Gasteiger partial charge < -0.3 is 21.0 Å². The molecule has 0 aromatic heterocycles. The van der Waals surface area contributed by atoms with E-state index in [1.165, 1.54) is 0 Å². The Labute approximate surface area is 118 Å². The van der Waals surface area contributed by atoms with E-state index < -0.39 is 0 Å². The van der Waals surface area contributed by atoms with Gasteiger partial charge in [-0.3, -0.25) is 4.79 Å². The van der Waals surface area contributed by atoms with Crippen molar-refractivity contribution in [2.75, 3.05) is 13.7 Å². The summed E-state index contributed by atoms with van der Waals surface area (Å²) >= 11 is 0. The number of hydrogen-bond donors (Lipinski definition) is 3. The van der Waals surface area contributed by atoms with Gasteiger partial charge in [0.25, 0.3) is 0 Å². The summed E-state index contributed by atoms with van der Waals surface area (Å²) in [6.07, 6.45) is 1.08. The van der Waals surface area contributed by atoms with Crippen LogP contribution in [0.25, 0.3) is 0 Å². The number of amides is 1. The van der Waals surface area contributed by atoms with Gasteiger partial charge in [0.05, 0.1) is 6.42 Å². The van der Waals surface area contributed by atoms with Crippen LogP contribution < -0.4 is 11.1 Å². The Balaban J connectivity index is 2.50. The lowest BCUT2D eigenvalue weighted by Crippen LogP contribution is -2.34. The second kappa shape index (κ2) is 8.16. The van der Waals surface area contributed by atoms with Gasteiger partial charge in [-0.05, 0) is 18.9 Å². The summed E-state index contributed by atoms with van der Waals surface area (Å²) in [6, 6.07) is 7.08. The van der Waals surface area contributed by atoms with Crippen LogP contribution in [-0.4, -0.2) is 36.7 Å². The topological polar surface area (TPSA) is 96.9 Å². The zero-order valence-electron chi connectivity index (χ0n) is 11.8. The third-order valence-corrected chi connectivity index (χ3v) is 2.88. The molecule has 1 rings (SSSR count). The van der Waals surface area contributed by atoms with Crippen LogP contribution in [0.1, 0.15) is 24.5 Å². The molecular weight excluding hydrogens is 258 g/mol. The zero-order chi connectivity index (χ0) is 15.0. The largest absolute Gasteiger partial charge is 0.409 e. The molecule has 0 fully saturated rings. The average molecular weight is 279 g/mol. The number of nitrogens with two attached hydrogens (primary N) is 1. The molecule has 6 nitrogen and oxygen atoms in total. The minimum absolute atomic E-state index is 0.0369. The molecule has 0 bridgehead atoms. The summed E-state index contributed by atoms with van der Waals surface area (Å²) in [5.41, 5.74) is 6.95. The van der Waals surface area contributed by atoms with E-state index >= 15 is 0 Å². The minimum Gasteiger partial charge on any atom is -0.409 e. The number of carbonyl (C=O) groups is 1. The van der Waals surface area contributed by atoms with E-state index in [9.17, 15) is 4.79 Å². The van der Waals surface area contributed by atoms with Crippen molar-refractivity contribution < 1.29 is 14.7 Å². The first-order chi connectivity index (χ1) is 9.56. The summed E-state index contributed by atoms with van der Waals surface area (Å²) in [6.45, 7) is 2.56. The first-order valence-corrected chi connectivity index (χ1v) is 6.42. The van der Waals surface area contributed by atoms with Gasteiger partial charge in [-0.25, -0.2) is 0 Å². The normalized spacial score (nSPS) is 13.0. The summed E-state index contributed by atoms with van der Waals surface area (Å²) in [7, 11) is 1.64.